The summed E-state index contributed by atoms with van der Waals surface area (Å²) in [5.74, 6) is 0.871. The van der Waals surface area contributed by atoms with Gasteiger partial charge in [-0.15, -0.1) is 0 Å². The second-order valence-electron chi connectivity index (χ2n) is 6.44. The maximum Gasteiger partial charge on any atom is 0.269 e. The van der Waals surface area contributed by atoms with Crippen LogP contribution in [0.3, 0.4) is 0 Å². The molecule has 0 fully saturated rings. The van der Waals surface area contributed by atoms with Crippen LogP contribution < -0.4 is 29.8 Å². The maximum atomic E-state index is 12.4. The number of hydrogen-bond donors (Lipinski definition) is 2. The van der Waals surface area contributed by atoms with Crippen LogP contribution in [0.15, 0.2) is 49.1 Å². The summed E-state index contributed by atoms with van der Waals surface area (Å²) in [5.41, 5.74) is 5.37. The summed E-state index contributed by atoms with van der Waals surface area (Å²) in [4.78, 5) is 24.9. The molecule has 0 saturated carbocycles. The zero-order valence-electron chi connectivity index (χ0n) is 18.0. The largest absolute Gasteiger partial charge is 0.493 e. The number of benzene rings is 2. The zero-order chi connectivity index (χ0) is 22.6. The third-order valence-corrected chi connectivity index (χ3v) is 4.25. The number of nitrogens with one attached hydrogen (secondary N) is 2. The van der Waals surface area contributed by atoms with E-state index < -0.39 is 11.8 Å². The second kappa shape index (κ2) is 12.1. The number of hydrogen-bond acceptors (Lipinski definition) is 6. The first-order valence-corrected chi connectivity index (χ1v) is 9.87. The molecule has 0 bridgehead atoms. The van der Waals surface area contributed by atoms with E-state index in [0.717, 1.165) is 12.8 Å². The molecule has 166 valence electrons. The smallest absolute Gasteiger partial charge is 0.269 e. The quantitative estimate of drug-likeness (QED) is 0.323. The van der Waals surface area contributed by atoms with Gasteiger partial charge in [0.15, 0.2) is 23.0 Å². The molecule has 2 aromatic carbocycles. The maximum absolute atomic E-state index is 12.4. The molecule has 2 amide bonds. The van der Waals surface area contributed by atoms with E-state index >= 15 is 0 Å². The minimum absolute atomic E-state index is 0.292. The number of rotatable bonds is 11. The second-order valence-corrected chi connectivity index (χ2v) is 6.44. The van der Waals surface area contributed by atoms with Gasteiger partial charge in [0.05, 0.1) is 20.8 Å². The molecule has 0 heterocycles. The lowest BCUT2D eigenvalue weighted by atomic mass is 10.2. The van der Waals surface area contributed by atoms with Crippen molar-refractivity contribution in [3.05, 3.63) is 60.2 Å². The van der Waals surface area contributed by atoms with E-state index in [0.29, 0.717) is 47.3 Å². The Kier molecular flexibility index (Phi) is 9.22. The lowest BCUT2D eigenvalue weighted by Crippen LogP contribution is -2.41. The normalized spacial score (nSPS) is 10.0. The SMILES string of the molecule is C=CCOc1ccc(C(=O)NNC(=O)c2ccc(OCCCC)c(OC)c2)cc1OC. The highest BCUT2D eigenvalue weighted by molar-refractivity contribution is 5.99. The van der Waals surface area contributed by atoms with Gasteiger partial charge in [-0.3, -0.25) is 20.4 Å². The summed E-state index contributed by atoms with van der Waals surface area (Å²) in [6.07, 6.45) is 3.54. The van der Waals surface area contributed by atoms with Gasteiger partial charge in [-0.05, 0) is 42.8 Å². The standard InChI is InChI=1S/C23H28N2O6/c1-5-7-13-31-19-11-9-17(15-21(19)29-4)23(27)25-24-22(26)16-8-10-18(30-12-6-2)20(14-16)28-3/h6,8-11,14-15H,2,5,7,12-13H2,1,3-4H3,(H,24,26)(H,25,27). The van der Waals surface area contributed by atoms with Crippen LogP contribution in [0, 0.1) is 0 Å². The molecule has 31 heavy (non-hydrogen) atoms. The minimum Gasteiger partial charge on any atom is -0.493 e. The Labute approximate surface area is 182 Å². The van der Waals surface area contributed by atoms with Gasteiger partial charge in [0.1, 0.15) is 6.61 Å². The number of hydrazine groups is 1. The molecule has 0 aliphatic heterocycles. The summed E-state index contributed by atoms with van der Waals surface area (Å²) in [5, 5.41) is 0. The van der Waals surface area contributed by atoms with Gasteiger partial charge in [0.25, 0.3) is 11.8 Å². The van der Waals surface area contributed by atoms with E-state index in [1.807, 2.05) is 0 Å². The van der Waals surface area contributed by atoms with Gasteiger partial charge in [0, 0.05) is 11.1 Å². The van der Waals surface area contributed by atoms with E-state index in [-0.39, 0.29) is 0 Å². The van der Waals surface area contributed by atoms with Crippen molar-refractivity contribution >= 4 is 11.8 Å². The highest BCUT2D eigenvalue weighted by Crippen LogP contribution is 2.29. The highest BCUT2D eigenvalue weighted by atomic mass is 16.5. The van der Waals surface area contributed by atoms with Gasteiger partial charge >= 0.3 is 0 Å². The van der Waals surface area contributed by atoms with E-state index in [9.17, 15) is 9.59 Å². The number of ether oxygens (including phenoxy) is 4. The van der Waals surface area contributed by atoms with Crippen molar-refractivity contribution in [2.45, 2.75) is 19.8 Å². The molecule has 2 aromatic rings. The Hall–Kier alpha value is -3.68. The molecule has 0 atom stereocenters. The van der Waals surface area contributed by atoms with Gasteiger partial charge in [0.2, 0.25) is 0 Å². The molecule has 0 aliphatic rings. The average molecular weight is 428 g/mol. The van der Waals surface area contributed by atoms with E-state index in [4.69, 9.17) is 18.9 Å². The summed E-state index contributed by atoms with van der Waals surface area (Å²) >= 11 is 0. The van der Waals surface area contributed by atoms with E-state index in [1.165, 1.54) is 20.3 Å². The fourth-order valence-electron chi connectivity index (χ4n) is 2.59. The number of unbranched alkanes of at least 4 members (excludes halogenated alkanes) is 1. The Morgan fingerprint density at radius 2 is 1.39 bits per heavy atom. The van der Waals surface area contributed by atoms with Crippen LogP contribution in [-0.2, 0) is 0 Å². The van der Waals surface area contributed by atoms with Gasteiger partial charge in [-0.25, -0.2) is 0 Å². The minimum atomic E-state index is -0.506. The summed E-state index contributed by atoms with van der Waals surface area (Å²) in [6.45, 7) is 6.54. The summed E-state index contributed by atoms with van der Waals surface area (Å²) in [6, 6.07) is 9.51. The van der Waals surface area contributed by atoms with Gasteiger partial charge in [-0.2, -0.15) is 0 Å². The zero-order valence-corrected chi connectivity index (χ0v) is 18.0. The van der Waals surface area contributed by atoms with Crippen LogP contribution >= 0.6 is 0 Å². The molecular formula is C23H28N2O6. The van der Waals surface area contributed by atoms with Crippen molar-refractivity contribution in [1.29, 1.82) is 0 Å². The van der Waals surface area contributed by atoms with Crippen molar-refractivity contribution < 1.29 is 28.5 Å². The Balaban J connectivity index is 2.01. The monoisotopic (exact) mass is 428 g/mol. The average Bonchev–Trinajstić information content (AvgIpc) is 2.81. The first kappa shape index (κ1) is 23.6. The molecule has 2 N–H and O–H groups in total. The third-order valence-electron chi connectivity index (χ3n) is 4.25. The van der Waals surface area contributed by atoms with E-state index in [1.54, 1.807) is 36.4 Å². The number of carbonyl (C=O) groups is 2. The topological polar surface area (TPSA) is 95.1 Å². The number of carbonyl (C=O) groups excluding carboxylic acids is 2. The number of amides is 2. The third kappa shape index (κ3) is 6.67. The summed E-state index contributed by atoms with van der Waals surface area (Å²) < 4.78 is 21.7. The molecule has 0 spiro atoms. The van der Waals surface area contributed by atoms with Crippen LogP contribution in [0.2, 0.25) is 0 Å². The first-order valence-electron chi connectivity index (χ1n) is 9.87. The Morgan fingerprint density at radius 3 is 1.84 bits per heavy atom. The fraction of sp³-hybridized carbons (Fsp3) is 0.304. The molecule has 0 aliphatic carbocycles. The molecule has 2 rings (SSSR count). The molecular weight excluding hydrogens is 400 g/mol. The van der Waals surface area contributed by atoms with Crippen LogP contribution in [-0.4, -0.2) is 39.2 Å². The lowest BCUT2D eigenvalue weighted by molar-refractivity contribution is 0.0846. The van der Waals surface area contributed by atoms with Crippen molar-refractivity contribution in [2.75, 3.05) is 27.4 Å². The molecule has 0 aromatic heterocycles. The Morgan fingerprint density at radius 1 is 0.871 bits per heavy atom. The van der Waals surface area contributed by atoms with Crippen molar-refractivity contribution in [1.82, 2.24) is 10.9 Å². The molecule has 0 unspecified atom stereocenters. The molecule has 0 saturated heterocycles. The van der Waals surface area contributed by atoms with Crippen LogP contribution in [0.25, 0.3) is 0 Å². The van der Waals surface area contributed by atoms with Crippen LogP contribution in [0.5, 0.6) is 23.0 Å². The molecule has 8 nitrogen and oxygen atoms in total. The van der Waals surface area contributed by atoms with Crippen molar-refractivity contribution in [3.8, 4) is 23.0 Å². The predicted octanol–water partition coefficient (Wildman–Crippen LogP) is 3.52. The van der Waals surface area contributed by atoms with Crippen LogP contribution in [0.1, 0.15) is 40.5 Å². The van der Waals surface area contributed by atoms with E-state index in [2.05, 4.69) is 24.4 Å². The van der Waals surface area contributed by atoms with Crippen LogP contribution in [0.4, 0.5) is 0 Å². The molecule has 0 radical (unpaired) electrons. The number of methoxy groups -OCH3 is 2. The predicted molar refractivity (Wildman–Crippen MR) is 117 cm³/mol. The lowest BCUT2D eigenvalue weighted by Gasteiger charge is -2.13. The van der Waals surface area contributed by atoms with Crippen molar-refractivity contribution in [2.24, 2.45) is 0 Å². The van der Waals surface area contributed by atoms with Crippen molar-refractivity contribution in [3.63, 3.8) is 0 Å². The molecule has 8 heteroatoms. The first-order chi connectivity index (χ1) is 15.0. The highest BCUT2D eigenvalue weighted by Gasteiger charge is 2.14. The Bertz CT molecular complexity index is 913. The summed E-state index contributed by atoms with van der Waals surface area (Å²) in [7, 11) is 2.98. The fourth-order valence-corrected chi connectivity index (χ4v) is 2.59. The van der Waals surface area contributed by atoms with Gasteiger partial charge in [-0.1, -0.05) is 26.0 Å². The van der Waals surface area contributed by atoms with Gasteiger partial charge < -0.3 is 18.9 Å².